The summed E-state index contributed by atoms with van der Waals surface area (Å²) in [7, 11) is 0. The van der Waals surface area contributed by atoms with Gasteiger partial charge in [0, 0.05) is 12.2 Å². The molecule has 0 saturated carbocycles. The number of ether oxygens (including phenoxy) is 2. The van der Waals surface area contributed by atoms with Gasteiger partial charge in [-0.1, -0.05) is 42.5 Å². The number of hydrogen-bond donors (Lipinski definition) is 2. The number of carbonyl (C=O) groups is 2. The van der Waals surface area contributed by atoms with E-state index in [1.165, 1.54) is 12.1 Å². The molecule has 1 fully saturated rings. The van der Waals surface area contributed by atoms with E-state index in [-0.39, 0.29) is 44.0 Å². The summed E-state index contributed by atoms with van der Waals surface area (Å²) >= 11 is 0. The van der Waals surface area contributed by atoms with E-state index in [1.54, 1.807) is 53.4 Å². The third kappa shape index (κ3) is 5.78. The molecule has 1 aliphatic heterocycles. The van der Waals surface area contributed by atoms with Crippen molar-refractivity contribution in [2.24, 2.45) is 0 Å². The van der Waals surface area contributed by atoms with Crippen molar-refractivity contribution in [1.82, 2.24) is 4.90 Å². The number of morpholine rings is 1. The molecule has 4 rings (SSSR count). The van der Waals surface area contributed by atoms with Gasteiger partial charge in [0.15, 0.2) is 6.61 Å². The molecule has 8 heteroatoms. The van der Waals surface area contributed by atoms with Crippen molar-refractivity contribution in [2.75, 3.05) is 25.1 Å². The maximum atomic E-state index is 13.2. The number of aliphatic hydroxyl groups is 1. The van der Waals surface area contributed by atoms with E-state index in [4.69, 9.17) is 9.47 Å². The number of nitrogens with zero attached hydrogens (tertiary/aromatic N) is 1. The van der Waals surface area contributed by atoms with E-state index in [2.05, 4.69) is 5.32 Å². The number of anilines is 1. The van der Waals surface area contributed by atoms with Crippen LogP contribution in [0.5, 0.6) is 5.75 Å². The van der Waals surface area contributed by atoms with Gasteiger partial charge in [0.1, 0.15) is 24.3 Å². The highest BCUT2D eigenvalue weighted by Crippen LogP contribution is 2.31. The average molecular weight is 464 g/mol. The van der Waals surface area contributed by atoms with Gasteiger partial charge < -0.3 is 24.8 Å². The van der Waals surface area contributed by atoms with E-state index >= 15 is 0 Å². The number of aliphatic hydroxyl groups excluding tert-OH is 1. The van der Waals surface area contributed by atoms with Crippen molar-refractivity contribution >= 4 is 17.5 Å². The summed E-state index contributed by atoms with van der Waals surface area (Å²) in [5.74, 6) is -0.290. The molecule has 1 heterocycles. The zero-order valence-corrected chi connectivity index (χ0v) is 18.4. The predicted octanol–water partition coefficient (Wildman–Crippen LogP) is 3.30. The first-order valence-corrected chi connectivity index (χ1v) is 10.9. The van der Waals surface area contributed by atoms with Crippen LogP contribution in [0.3, 0.4) is 0 Å². The Hall–Kier alpha value is -3.75. The Morgan fingerprint density at radius 3 is 2.44 bits per heavy atom. The predicted molar refractivity (Wildman–Crippen MR) is 124 cm³/mol. The lowest BCUT2D eigenvalue weighted by Gasteiger charge is -2.40. The molecule has 2 N–H and O–H groups in total. The Labute approximate surface area is 196 Å². The van der Waals surface area contributed by atoms with E-state index < -0.39 is 12.1 Å². The van der Waals surface area contributed by atoms with Crippen LogP contribution in [0.25, 0.3) is 0 Å². The number of hydrogen-bond acceptors (Lipinski definition) is 5. The molecule has 0 spiro atoms. The number of halogens is 1. The fraction of sp³-hybridized carbons (Fsp3) is 0.231. The van der Waals surface area contributed by atoms with Gasteiger partial charge in [0.2, 0.25) is 5.91 Å². The van der Waals surface area contributed by atoms with Crippen LogP contribution >= 0.6 is 0 Å². The normalized spacial score (nSPS) is 17.9. The molecule has 3 aromatic rings. The molecule has 7 nitrogen and oxygen atoms in total. The van der Waals surface area contributed by atoms with Crippen molar-refractivity contribution in [3.8, 4) is 5.75 Å². The molecule has 2 amide bonds. The first kappa shape index (κ1) is 23.4. The fourth-order valence-electron chi connectivity index (χ4n) is 3.83. The number of nitrogens with one attached hydrogen (secondary N) is 1. The summed E-state index contributed by atoms with van der Waals surface area (Å²) in [5, 5.41) is 12.8. The molecule has 0 aromatic heterocycles. The molecular weight excluding hydrogens is 439 g/mol. The molecule has 34 heavy (non-hydrogen) atoms. The van der Waals surface area contributed by atoms with Gasteiger partial charge in [-0.15, -0.1) is 0 Å². The topological polar surface area (TPSA) is 88.1 Å². The smallest absolute Gasteiger partial charge is 0.262 e. The first-order valence-electron chi connectivity index (χ1n) is 10.9. The van der Waals surface area contributed by atoms with Gasteiger partial charge in [-0.2, -0.15) is 0 Å². The summed E-state index contributed by atoms with van der Waals surface area (Å²) < 4.78 is 24.4. The van der Waals surface area contributed by atoms with Crippen LogP contribution in [0.2, 0.25) is 0 Å². The lowest BCUT2D eigenvalue weighted by Crippen LogP contribution is -2.52. The van der Waals surface area contributed by atoms with Crippen LogP contribution in [0.4, 0.5) is 10.1 Å². The van der Waals surface area contributed by atoms with Crippen LogP contribution in [0.1, 0.15) is 17.2 Å². The zero-order chi connectivity index (χ0) is 23.9. The van der Waals surface area contributed by atoms with E-state index in [9.17, 15) is 19.1 Å². The number of amides is 2. The number of para-hydroxylation sites is 1. The van der Waals surface area contributed by atoms with Gasteiger partial charge in [0.05, 0.1) is 12.6 Å². The first-order chi connectivity index (χ1) is 16.5. The van der Waals surface area contributed by atoms with Crippen LogP contribution < -0.4 is 10.1 Å². The molecule has 0 aliphatic carbocycles. The maximum absolute atomic E-state index is 13.2. The molecule has 0 bridgehead atoms. The van der Waals surface area contributed by atoms with Crippen LogP contribution in [0.15, 0.2) is 78.9 Å². The molecule has 0 unspecified atom stereocenters. The van der Waals surface area contributed by atoms with E-state index in [0.717, 1.165) is 11.1 Å². The van der Waals surface area contributed by atoms with Crippen molar-refractivity contribution in [3.05, 3.63) is 95.8 Å². The summed E-state index contributed by atoms with van der Waals surface area (Å²) in [6.07, 6.45) is -0.547. The maximum Gasteiger partial charge on any atom is 0.262 e. The molecule has 0 radical (unpaired) electrons. The van der Waals surface area contributed by atoms with Crippen LogP contribution in [-0.2, 0) is 20.9 Å². The Bertz CT molecular complexity index is 1110. The minimum atomic E-state index is -0.606. The zero-order valence-electron chi connectivity index (χ0n) is 18.4. The largest absolute Gasteiger partial charge is 0.484 e. The van der Waals surface area contributed by atoms with Gasteiger partial charge in [-0.3, -0.25) is 9.59 Å². The minimum Gasteiger partial charge on any atom is -0.484 e. The van der Waals surface area contributed by atoms with E-state index in [0.29, 0.717) is 11.4 Å². The number of carbonyl (C=O) groups excluding carboxylic acids is 2. The van der Waals surface area contributed by atoms with Gasteiger partial charge >= 0.3 is 0 Å². The highest BCUT2D eigenvalue weighted by Gasteiger charge is 2.37. The molecule has 3 aromatic carbocycles. The second-order valence-corrected chi connectivity index (χ2v) is 7.90. The minimum absolute atomic E-state index is 0.120. The van der Waals surface area contributed by atoms with Crippen molar-refractivity contribution in [1.29, 1.82) is 0 Å². The molecule has 1 saturated heterocycles. The van der Waals surface area contributed by atoms with Crippen molar-refractivity contribution in [3.63, 3.8) is 0 Å². The molecular formula is C26H25FN2O5. The second kappa shape index (κ2) is 10.9. The molecule has 176 valence electrons. The van der Waals surface area contributed by atoms with Crippen LogP contribution in [-0.4, -0.2) is 47.7 Å². The highest BCUT2D eigenvalue weighted by atomic mass is 19.1. The fourth-order valence-corrected chi connectivity index (χ4v) is 3.83. The molecule has 1 aliphatic rings. The Kier molecular flexibility index (Phi) is 7.51. The Morgan fingerprint density at radius 1 is 1.06 bits per heavy atom. The molecule has 2 atom stereocenters. The average Bonchev–Trinajstić information content (AvgIpc) is 2.86. The van der Waals surface area contributed by atoms with Gasteiger partial charge in [-0.25, -0.2) is 4.39 Å². The standard InChI is InChI=1S/C26H25FN2O5/c27-20-10-6-18(7-11-20)14-29-23(15-30)26(34-17-25(29)32)19-8-12-21(13-9-19)28-24(31)16-33-22-4-2-1-3-5-22/h1-13,23,26,30H,14-17H2,(H,28,31)/t23-,26-/m1/s1. The second-order valence-electron chi connectivity index (χ2n) is 7.90. The third-order valence-corrected chi connectivity index (χ3v) is 5.55. The summed E-state index contributed by atoms with van der Waals surface area (Å²) in [5.41, 5.74) is 2.10. The third-order valence-electron chi connectivity index (χ3n) is 5.55. The van der Waals surface area contributed by atoms with Gasteiger partial charge in [-0.05, 0) is 47.5 Å². The summed E-state index contributed by atoms with van der Waals surface area (Å²) in [6, 6.07) is 21.4. The van der Waals surface area contributed by atoms with Crippen molar-refractivity contribution < 1.29 is 28.6 Å². The Morgan fingerprint density at radius 2 is 1.76 bits per heavy atom. The lowest BCUT2D eigenvalue weighted by atomic mass is 9.98. The quantitative estimate of drug-likeness (QED) is 0.534. The monoisotopic (exact) mass is 464 g/mol. The number of benzene rings is 3. The summed E-state index contributed by atoms with van der Waals surface area (Å²) in [6.45, 7) is -0.311. The highest BCUT2D eigenvalue weighted by molar-refractivity contribution is 5.91. The van der Waals surface area contributed by atoms with E-state index in [1.807, 2.05) is 18.2 Å². The van der Waals surface area contributed by atoms with Crippen LogP contribution in [0, 0.1) is 5.82 Å². The SMILES string of the molecule is O=C(COc1ccccc1)Nc1ccc([C@H]2OCC(=O)N(Cc3ccc(F)cc3)[C@@H]2CO)cc1. The lowest BCUT2D eigenvalue weighted by molar-refractivity contribution is -0.162. The van der Waals surface area contributed by atoms with Gasteiger partial charge in [0.25, 0.3) is 5.91 Å². The number of rotatable bonds is 8. The summed E-state index contributed by atoms with van der Waals surface area (Å²) in [4.78, 5) is 26.2. The Balaban J connectivity index is 1.39. The van der Waals surface area contributed by atoms with Crippen molar-refractivity contribution in [2.45, 2.75) is 18.7 Å².